The summed E-state index contributed by atoms with van der Waals surface area (Å²) in [5.74, 6) is -0.811. The zero-order valence-corrected chi connectivity index (χ0v) is 18.2. The lowest BCUT2D eigenvalue weighted by Gasteiger charge is -2.27. The molecule has 1 amide bonds. The standard InChI is InChI=1S/C24H27NO6/c1-5-15-9-11-16(12-10-15)21(26)19-20(25(13-14-29-2)24(28)22(19)27)17-7-6-8-18(30-3)23(17)31-4/h6-12,20,26H,5,13-14H2,1-4H3/b21-19+. The van der Waals surface area contributed by atoms with Gasteiger partial charge in [0.1, 0.15) is 5.76 Å². The highest BCUT2D eigenvalue weighted by Crippen LogP contribution is 2.45. The fraction of sp³-hybridized carbons (Fsp3) is 0.333. The van der Waals surface area contributed by atoms with Gasteiger partial charge in [-0.1, -0.05) is 43.3 Å². The third-order valence-electron chi connectivity index (χ3n) is 5.44. The molecule has 2 aromatic rings. The Morgan fingerprint density at radius 3 is 2.32 bits per heavy atom. The van der Waals surface area contributed by atoms with Crippen LogP contribution in [0.1, 0.15) is 29.7 Å². The molecule has 1 aliphatic heterocycles. The van der Waals surface area contributed by atoms with E-state index in [2.05, 4.69) is 0 Å². The van der Waals surface area contributed by atoms with Crippen LogP contribution in [-0.2, 0) is 20.7 Å². The number of hydrogen-bond donors (Lipinski definition) is 1. The molecule has 1 heterocycles. The first-order chi connectivity index (χ1) is 15.0. The fourth-order valence-corrected chi connectivity index (χ4v) is 3.80. The minimum Gasteiger partial charge on any atom is -0.507 e. The van der Waals surface area contributed by atoms with Gasteiger partial charge in [-0.3, -0.25) is 9.59 Å². The van der Waals surface area contributed by atoms with E-state index >= 15 is 0 Å². The Morgan fingerprint density at radius 1 is 1.03 bits per heavy atom. The number of likely N-dealkylation sites (tertiary alicyclic amines) is 1. The van der Waals surface area contributed by atoms with E-state index in [0.29, 0.717) is 22.6 Å². The molecule has 3 rings (SSSR count). The average molecular weight is 425 g/mol. The summed E-state index contributed by atoms with van der Waals surface area (Å²) in [6.45, 7) is 2.45. The van der Waals surface area contributed by atoms with E-state index in [0.717, 1.165) is 12.0 Å². The number of nitrogens with zero attached hydrogens (tertiary/aromatic N) is 1. The molecule has 0 saturated carbocycles. The number of aliphatic hydroxyl groups excluding tert-OH is 1. The summed E-state index contributed by atoms with van der Waals surface area (Å²) in [6, 6.07) is 11.7. The topological polar surface area (TPSA) is 85.3 Å². The van der Waals surface area contributed by atoms with E-state index in [9.17, 15) is 14.7 Å². The minimum absolute atomic E-state index is 0.0110. The molecule has 0 bridgehead atoms. The van der Waals surface area contributed by atoms with Crippen LogP contribution in [0.2, 0.25) is 0 Å². The lowest BCUT2D eigenvalue weighted by Crippen LogP contribution is -2.32. The normalized spacial score (nSPS) is 17.8. The third-order valence-corrected chi connectivity index (χ3v) is 5.44. The molecule has 7 heteroatoms. The van der Waals surface area contributed by atoms with Gasteiger partial charge in [0.25, 0.3) is 11.7 Å². The van der Waals surface area contributed by atoms with Crippen molar-refractivity contribution in [3.05, 3.63) is 64.7 Å². The second kappa shape index (κ2) is 9.66. The van der Waals surface area contributed by atoms with Gasteiger partial charge in [0.2, 0.25) is 0 Å². The first-order valence-corrected chi connectivity index (χ1v) is 10.1. The van der Waals surface area contributed by atoms with Crippen LogP contribution in [0, 0.1) is 0 Å². The lowest BCUT2D eigenvalue weighted by molar-refractivity contribution is -0.140. The van der Waals surface area contributed by atoms with Crippen molar-refractivity contribution < 1.29 is 28.9 Å². The Hall–Kier alpha value is -3.32. The van der Waals surface area contributed by atoms with Crippen molar-refractivity contribution in [3.8, 4) is 11.5 Å². The van der Waals surface area contributed by atoms with Crippen LogP contribution < -0.4 is 9.47 Å². The molecular weight excluding hydrogens is 398 g/mol. The first-order valence-electron chi connectivity index (χ1n) is 10.1. The molecule has 1 N–H and O–H groups in total. The molecule has 7 nitrogen and oxygen atoms in total. The molecule has 31 heavy (non-hydrogen) atoms. The monoisotopic (exact) mass is 425 g/mol. The number of methoxy groups -OCH3 is 3. The molecule has 0 aromatic heterocycles. The van der Waals surface area contributed by atoms with Crippen LogP contribution in [0.25, 0.3) is 5.76 Å². The molecule has 0 aliphatic carbocycles. The van der Waals surface area contributed by atoms with Gasteiger partial charge in [-0.25, -0.2) is 0 Å². The molecule has 1 unspecified atom stereocenters. The van der Waals surface area contributed by atoms with Crippen molar-refractivity contribution in [1.29, 1.82) is 0 Å². The van der Waals surface area contributed by atoms with Crippen molar-refractivity contribution in [2.45, 2.75) is 19.4 Å². The Kier molecular flexibility index (Phi) is 6.97. The SMILES string of the molecule is CCc1ccc(/C(O)=C2\C(=O)C(=O)N(CCOC)C2c2cccc(OC)c2OC)cc1. The van der Waals surface area contributed by atoms with Gasteiger partial charge in [-0.05, 0) is 18.1 Å². The Labute approximate surface area is 181 Å². The third kappa shape index (κ3) is 4.14. The maximum absolute atomic E-state index is 13.0. The van der Waals surface area contributed by atoms with Gasteiger partial charge >= 0.3 is 0 Å². The number of rotatable bonds is 8. The highest BCUT2D eigenvalue weighted by Gasteiger charge is 2.47. The van der Waals surface area contributed by atoms with Crippen molar-refractivity contribution in [1.82, 2.24) is 4.90 Å². The van der Waals surface area contributed by atoms with Crippen LogP contribution in [0.15, 0.2) is 48.0 Å². The molecule has 1 saturated heterocycles. The number of carbonyl (C=O) groups is 2. The number of ketones is 1. The Morgan fingerprint density at radius 2 is 1.74 bits per heavy atom. The summed E-state index contributed by atoms with van der Waals surface area (Å²) in [5, 5.41) is 11.1. The summed E-state index contributed by atoms with van der Waals surface area (Å²) in [6.07, 6.45) is 0.851. The summed E-state index contributed by atoms with van der Waals surface area (Å²) in [5.41, 5.74) is 2.12. The maximum atomic E-state index is 13.0. The summed E-state index contributed by atoms with van der Waals surface area (Å²) in [7, 11) is 4.53. The lowest BCUT2D eigenvalue weighted by atomic mass is 9.94. The van der Waals surface area contributed by atoms with Gasteiger partial charge in [0.15, 0.2) is 11.5 Å². The first kappa shape index (κ1) is 22.4. The van der Waals surface area contributed by atoms with Crippen molar-refractivity contribution in [3.63, 3.8) is 0 Å². The highest BCUT2D eigenvalue weighted by molar-refractivity contribution is 6.46. The number of carbonyl (C=O) groups excluding carboxylic acids is 2. The van der Waals surface area contributed by atoms with Crippen molar-refractivity contribution in [2.75, 3.05) is 34.5 Å². The highest BCUT2D eigenvalue weighted by atomic mass is 16.5. The molecular formula is C24H27NO6. The van der Waals surface area contributed by atoms with Gasteiger partial charge in [0.05, 0.1) is 32.4 Å². The van der Waals surface area contributed by atoms with Crippen molar-refractivity contribution >= 4 is 17.4 Å². The van der Waals surface area contributed by atoms with Crippen LogP contribution in [0.3, 0.4) is 0 Å². The van der Waals surface area contributed by atoms with E-state index in [1.54, 1.807) is 30.3 Å². The number of amides is 1. The maximum Gasteiger partial charge on any atom is 0.295 e. The molecule has 1 fully saturated rings. The van der Waals surface area contributed by atoms with Crippen LogP contribution in [0.4, 0.5) is 0 Å². The molecule has 164 valence electrons. The number of hydrogen-bond acceptors (Lipinski definition) is 6. The molecule has 0 spiro atoms. The van der Waals surface area contributed by atoms with E-state index in [1.807, 2.05) is 19.1 Å². The zero-order valence-electron chi connectivity index (χ0n) is 18.2. The second-order valence-electron chi connectivity index (χ2n) is 7.12. The smallest absolute Gasteiger partial charge is 0.295 e. The number of aryl methyl sites for hydroxylation is 1. The van der Waals surface area contributed by atoms with Crippen LogP contribution >= 0.6 is 0 Å². The molecule has 2 aromatic carbocycles. The average Bonchev–Trinajstić information content (AvgIpc) is 3.06. The van der Waals surface area contributed by atoms with Crippen LogP contribution in [-0.4, -0.2) is 56.2 Å². The minimum atomic E-state index is -0.842. The zero-order chi connectivity index (χ0) is 22.5. The fourth-order valence-electron chi connectivity index (χ4n) is 3.80. The van der Waals surface area contributed by atoms with E-state index in [4.69, 9.17) is 14.2 Å². The molecule has 1 atom stereocenters. The quantitative estimate of drug-likeness (QED) is 0.397. The van der Waals surface area contributed by atoms with Gasteiger partial charge in [-0.15, -0.1) is 0 Å². The Bertz CT molecular complexity index is 996. The number of benzene rings is 2. The number of para-hydroxylation sites is 1. The summed E-state index contributed by atoms with van der Waals surface area (Å²) < 4.78 is 16.1. The van der Waals surface area contributed by atoms with Gasteiger partial charge in [-0.2, -0.15) is 0 Å². The Balaban J connectivity index is 2.22. The second-order valence-corrected chi connectivity index (χ2v) is 7.12. The van der Waals surface area contributed by atoms with Crippen LogP contribution in [0.5, 0.6) is 11.5 Å². The van der Waals surface area contributed by atoms with E-state index < -0.39 is 17.7 Å². The summed E-state index contributed by atoms with van der Waals surface area (Å²) >= 11 is 0. The molecule has 1 aliphatic rings. The van der Waals surface area contributed by atoms with Gasteiger partial charge in [0, 0.05) is 24.8 Å². The molecule has 0 radical (unpaired) electrons. The van der Waals surface area contributed by atoms with Gasteiger partial charge < -0.3 is 24.2 Å². The number of Topliss-reactive ketones (excluding diaryl/α,β-unsaturated/α-hetero) is 1. The van der Waals surface area contributed by atoms with E-state index in [1.165, 1.54) is 26.2 Å². The van der Waals surface area contributed by atoms with E-state index in [-0.39, 0.29) is 24.5 Å². The predicted octanol–water partition coefficient (Wildman–Crippen LogP) is 3.33. The number of ether oxygens (including phenoxy) is 3. The summed E-state index contributed by atoms with van der Waals surface area (Å²) in [4.78, 5) is 27.3. The number of aliphatic hydroxyl groups is 1. The largest absolute Gasteiger partial charge is 0.507 e. The predicted molar refractivity (Wildman–Crippen MR) is 116 cm³/mol. The van der Waals surface area contributed by atoms with Crippen molar-refractivity contribution in [2.24, 2.45) is 0 Å².